The summed E-state index contributed by atoms with van der Waals surface area (Å²) in [7, 11) is 0. The van der Waals surface area contributed by atoms with Gasteiger partial charge >= 0.3 is 5.97 Å². The lowest BCUT2D eigenvalue weighted by Gasteiger charge is -2.20. The molecule has 0 aromatic rings. The van der Waals surface area contributed by atoms with E-state index in [0.29, 0.717) is 36.0 Å². The first-order chi connectivity index (χ1) is 11.2. The second-order valence-corrected chi connectivity index (χ2v) is 6.82. The van der Waals surface area contributed by atoms with Crippen molar-refractivity contribution < 1.29 is 19.1 Å². The minimum Gasteiger partial charge on any atom is -0.454 e. The molecule has 0 aromatic carbocycles. The van der Waals surface area contributed by atoms with Crippen LogP contribution in [0.2, 0.25) is 0 Å². The molecule has 4 heteroatoms. The van der Waals surface area contributed by atoms with Gasteiger partial charge in [0.25, 0.3) is 0 Å². The van der Waals surface area contributed by atoms with E-state index in [0.717, 1.165) is 5.57 Å². The zero-order valence-electron chi connectivity index (χ0n) is 14.6. The molecule has 0 aromatic heterocycles. The molecule has 0 saturated heterocycles. The Kier molecular flexibility index (Phi) is 5.37. The van der Waals surface area contributed by atoms with Crippen molar-refractivity contribution in [2.24, 2.45) is 11.8 Å². The van der Waals surface area contributed by atoms with Gasteiger partial charge in [-0.25, -0.2) is 4.79 Å². The van der Waals surface area contributed by atoms with Crippen molar-refractivity contribution in [1.82, 2.24) is 0 Å². The third kappa shape index (κ3) is 3.81. The van der Waals surface area contributed by atoms with Gasteiger partial charge in [-0.3, -0.25) is 9.59 Å². The van der Waals surface area contributed by atoms with E-state index in [1.807, 2.05) is 6.92 Å². The molecular weight excluding hydrogens is 304 g/mol. The van der Waals surface area contributed by atoms with Crippen LogP contribution in [0.25, 0.3) is 0 Å². The zero-order chi connectivity index (χ0) is 18.0. The summed E-state index contributed by atoms with van der Waals surface area (Å²) in [6, 6.07) is 0. The van der Waals surface area contributed by atoms with Crippen LogP contribution in [0.5, 0.6) is 0 Å². The Morgan fingerprint density at radius 2 is 1.83 bits per heavy atom. The largest absolute Gasteiger partial charge is 0.454 e. The lowest BCUT2D eigenvalue weighted by Crippen LogP contribution is -2.28. The van der Waals surface area contributed by atoms with Crippen LogP contribution in [-0.2, 0) is 19.1 Å². The first-order valence-corrected chi connectivity index (χ1v) is 8.18. The molecule has 1 aliphatic carbocycles. The van der Waals surface area contributed by atoms with E-state index in [1.165, 1.54) is 6.08 Å². The summed E-state index contributed by atoms with van der Waals surface area (Å²) in [5.41, 5.74) is 2.51. The normalized spacial score (nSPS) is 30.5. The topological polar surface area (TPSA) is 60.4 Å². The summed E-state index contributed by atoms with van der Waals surface area (Å²) >= 11 is 0. The van der Waals surface area contributed by atoms with Crippen molar-refractivity contribution in [3.8, 4) is 0 Å². The third-order valence-electron chi connectivity index (χ3n) is 4.73. The Labute approximate surface area is 143 Å². The minimum absolute atomic E-state index is 0.0138. The number of carbonyl (C=O) groups excluding carboxylic acids is 3. The highest BCUT2D eigenvalue weighted by Gasteiger charge is 2.36. The second-order valence-electron chi connectivity index (χ2n) is 6.82. The quantitative estimate of drug-likeness (QED) is 0.575. The standard InChI is InChI=1S/C20H24O4/c1-11(2)14-6-7-15-10-18(24-20(15)23)19(12(3)4)17(22)8-13(5)16(21)9-14/h8,10,14,18-19H,1,3,6-7,9H2,2,4-5H3/b13-8-/t14-,18-,19-/m0/s1. The monoisotopic (exact) mass is 328 g/mol. The molecule has 1 heterocycles. The molecular formula is C20H24O4. The fourth-order valence-electron chi connectivity index (χ4n) is 3.16. The lowest BCUT2D eigenvalue weighted by atomic mass is 9.85. The van der Waals surface area contributed by atoms with Gasteiger partial charge in [-0.1, -0.05) is 24.3 Å². The Balaban J connectivity index is 2.43. The molecule has 0 saturated carbocycles. The van der Waals surface area contributed by atoms with E-state index < -0.39 is 12.0 Å². The van der Waals surface area contributed by atoms with Crippen LogP contribution in [0.1, 0.15) is 40.0 Å². The van der Waals surface area contributed by atoms with Gasteiger partial charge in [-0.05, 0) is 57.3 Å². The molecule has 0 N–H and O–H groups in total. The fraction of sp³-hybridized carbons (Fsp3) is 0.450. The first kappa shape index (κ1) is 18.1. The maximum Gasteiger partial charge on any atom is 0.334 e. The molecule has 4 nitrogen and oxygen atoms in total. The Hall–Kier alpha value is -2.23. The van der Waals surface area contributed by atoms with Crippen LogP contribution in [0.3, 0.4) is 0 Å². The summed E-state index contributed by atoms with van der Waals surface area (Å²) in [6.07, 6.45) is 3.93. The van der Waals surface area contributed by atoms with Crippen LogP contribution < -0.4 is 0 Å². The maximum absolute atomic E-state index is 12.6. The Morgan fingerprint density at radius 1 is 1.17 bits per heavy atom. The molecule has 3 atom stereocenters. The molecule has 0 unspecified atom stereocenters. The van der Waals surface area contributed by atoms with Gasteiger partial charge in [0.1, 0.15) is 6.10 Å². The maximum atomic E-state index is 12.6. The molecule has 24 heavy (non-hydrogen) atoms. The average molecular weight is 328 g/mol. The summed E-state index contributed by atoms with van der Waals surface area (Å²) < 4.78 is 5.39. The molecule has 2 rings (SSSR count). The van der Waals surface area contributed by atoms with Crippen LogP contribution >= 0.6 is 0 Å². The average Bonchev–Trinajstić information content (AvgIpc) is 2.82. The Bertz CT molecular complexity index is 678. The van der Waals surface area contributed by atoms with Gasteiger partial charge in [-0.2, -0.15) is 0 Å². The predicted octanol–water partition coefficient (Wildman–Crippen LogP) is 3.49. The molecule has 0 fully saturated rings. The first-order valence-electron chi connectivity index (χ1n) is 8.18. The SMILES string of the molecule is C=C(C)[C@H]1CCC2=C[C@H](OC2=O)[C@@H](C(=C)C)C(=O)/C=C(/C)C(=O)C1. The van der Waals surface area contributed by atoms with Crippen molar-refractivity contribution in [3.63, 3.8) is 0 Å². The highest BCUT2D eigenvalue weighted by Crippen LogP contribution is 2.31. The number of fused-ring (bicyclic) bond motifs is 1. The van der Waals surface area contributed by atoms with E-state index in [9.17, 15) is 14.4 Å². The van der Waals surface area contributed by atoms with Gasteiger partial charge in [0.15, 0.2) is 11.6 Å². The lowest BCUT2D eigenvalue weighted by molar-refractivity contribution is -0.142. The number of hydrogen-bond acceptors (Lipinski definition) is 4. The van der Waals surface area contributed by atoms with Crippen LogP contribution in [0.15, 0.2) is 47.6 Å². The van der Waals surface area contributed by atoms with Gasteiger partial charge in [0.05, 0.1) is 5.92 Å². The third-order valence-corrected chi connectivity index (χ3v) is 4.73. The highest BCUT2D eigenvalue weighted by molar-refractivity contribution is 6.04. The number of Topliss-reactive ketones (excluding diaryl/α,β-unsaturated/α-hetero) is 1. The summed E-state index contributed by atoms with van der Waals surface area (Å²) in [5, 5.41) is 0. The summed E-state index contributed by atoms with van der Waals surface area (Å²) in [6.45, 7) is 13.1. The fourth-order valence-corrected chi connectivity index (χ4v) is 3.16. The molecule has 0 radical (unpaired) electrons. The highest BCUT2D eigenvalue weighted by atomic mass is 16.5. The van der Waals surface area contributed by atoms with Crippen LogP contribution in [0.4, 0.5) is 0 Å². The molecule has 1 aliphatic heterocycles. The van der Waals surface area contributed by atoms with Gasteiger partial charge in [-0.15, -0.1) is 0 Å². The van der Waals surface area contributed by atoms with Crippen LogP contribution in [-0.4, -0.2) is 23.6 Å². The van der Waals surface area contributed by atoms with E-state index in [-0.39, 0.29) is 23.5 Å². The van der Waals surface area contributed by atoms with E-state index >= 15 is 0 Å². The van der Waals surface area contributed by atoms with Gasteiger partial charge in [0, 0.05) is 12.0 Å². The van der Waals surface area contributed by atoms with E-state index in [4.69, 9.17) is 4.74 Å². The number of rotatable bonds is 2. The number of ketones is 2. The predicted molar refractivity (Wildman–Crippen MR) is 92.2 cm³/mol. The molecule has 2 aliphatic rings. The number of ether oxygens (including phenoxy) is 1. The number of hydrogen-bond donors (Lipinski definition) is 0. The van der Waals surface area contributed by atoms with Crippen molar-refractivity contribution in [1.29, 1.82) is 0 Å². The number of esters is 1. The number of allylic oxidation sites excluding steroid dienone is 3. The Morgan fingerprint density at radius 3 is 2.42 bits per heavy atom. The van der Waals surface area contributed by atoms with Gasteiger partial charge in [0.2, 0.25) is 0 Å². The van der Waals surface area contributed by atoms with E-state index in [1.54, 1.807) is 19.9 Å². The van der Waals surface area contributed by atoms with Crippen molar-refractivity contribution >= 4 is 17.5 Å². The van der Waals surface area contributed by atoms with Gasteiger partial charge < -0.3 is 4.74 Å². The smallest absolute Gasteiger partial charge is 0.334 e. The summed E-state index contributed by atoms with van der Waals surface area (Å²) in [4.78, 5) is 37.1. The van der Waals surface area contributed by atoms with Crippen molar-refractivity contribution in [3.05, 3.63) is 47.6 Å². The minimum atomic E-state index is -0.648. The molecule has 2 bridgehead atoms. The zero-order valence-corrected chi connectivity index (χ0v) is 14.6. The molecule has 0 amide bonds. The second kappa shape index (κ2) is 7.12. The van der Waals surface area contributed by atoms with Crippen molar-refractivity contribution in [2.75, 3.05) is 0 Å². The number of carbonyl (C=O) groups is 3. The molecule has 0 spiro atoms. The van der Waals surface area contributed by atoms with E-state index in [2.05, 4.69) is 13.2 Å². The van der Waals surface area contributed by atoms with Crippen LogP contribution in [0, 0.1) is 11.8 Å². The molecule has 128 valence electrons. The van der Waals surface area contributed by atoms with Crippen molar-refractivity contribution in [2.45, 2.75) is 46.1 Å². The summed E-state index contributed by atoms with van der Waals surface area (Å²) in [5.74, 6) is -1.36.